The number of nitrogens with one attached hydrogen (secondary N) is 1. The fourth-order valence-corrected chi connectivity index (χ4v) is 0.278. The van der Waals surface area contributed by atoms with E-state index in [2.05, 4.69) is 4.98 Å². The Morgan fingerprint density at radius 2 is 1.50 bits per heavy atom. The van der Waals surface area contributed by atoms with Gasteiger partial charge in [-0.25, -0.2) is 0 Å². The molecule has 0 atom stereocenters. The zero-order chi connectivity index (χ0) is 3.54. The number of hydrogen-bond donors (Lipinski definition) is 1. The number of aromatic amines is 1. The third-order valence-electron chi connectivity index (χ3n) is 0.496. The number of hydrogen-bond acceptors (Lipinski definition) is 0. The van der Waals surface area contributed by atoms with Gasteiger partial charge in [-0.05, 0) is 12.1 Å². The van der Waals surface area contributed by atoms with Gasteiger partial charge in [0.05, 0.1) is 0 Å². The van der Waals surface area contributed by atoms with Crippen molar-refractivity contribution in [3.05, 3.63) is 24.5 Å². The average molecular weight is 131 g/mol. The summed E-state index contributed by atoms with van der Waals surface area (Å²) in [5.41, 5.74) is 0. The molecule has 1 N–H and O–H groups in total. The third-order valence-corrected chi connectivity index (χ3v) is 0.496. The monoisotopic (exact) mass is 130 g/mol. The molecule has 1 rings (SSSR count). The first-order valence-electron chi connectivity index (χ1n) is 1.58. The molecule has 0 aromatic carbocycles. The second-order valence-electron chi connectivity index (χ2n) is 0.885. The van der Waals surface area contributed by atoms with Gasteiger partial charge in [0.1, 0.15) is 0 Å². The first-order valence-corrected chi connectivity index (χ1v) is 1.58. The molecule has 6 heavy (non-hydrogen) atoms. The maximum Gasteiger partial charge on any atom is 1.00 e. The minimum Gasteiger partial charge on any atom is -0.368 e. The summed E-state index contributed by atoms with van der Waals surface area (Å²) in [4.78, 5) is 2.86. The molecule has 1 aromatic rings. The van der Waals surface area contributed by atoms with E-state index >= 15 is 0 Å². The molecule has 0 amide bonds. The van der Waals surface area contributed by atoms with Crippen molar-refractivity contribution in [1.82, 2.24) is 4.98 Å². The molecule has 0 spiro atoms. The Hall–Kier alpha value is -0.201. The molecular formula is C4H5CuN+. The molecule has 0 radical (unpaired) electrons. The fraction of sp³-hybridized carbons (Fsp3) is 0. The van der Waals surface area contributed by atoms with E-state index in [0.29, 0.717) is 0 Å². The van der Waals surface area contributed by atoms with Gasteiger partial charge >= 0.3 is 17.1 Å². The van der Waals surface area contributed by atoms with Gasteiger partial charge in [-0.3, -0.25) is 0 Å². The van der Waals surface area contributed by atoms with Gasteiger partial charge in [-0.1, -0.05) is 0 Å². The number of rotatable bonds is 0. The standard InChI is InChI=1S/C4H5N.Cu/c1-2-4-5-3-1;/h1-5H;/q;+1. The maximum absolute atomic E-state index is 2.86. The maximum atomic E-state index is 2.86. The second-order valence-corrected chi connectivity index (χ2v) is 0.885. The van der Waals surface area contributed by atoms with Crippen molar-refractivity contribution >= 4 is 0 Å². The first-order chi connectivity index (χ1) is 2.50. The summed E-state index contributed by atoms with van der Waals surface area (Å²) in [6, 6.07) is 3.89. The third kappa shape index (κ3) is 1.29. The van der Waals surface area contributed by atoms with Crippen LogP contribution < -0.4 is 0 Å². The molecule has 2 heteroatoms. The average Bonchev–Trinajstić information content (AvgIpc) is 1.76. The predicted octanol–water partition coefficient (Wildman–Crippen LogP) is 1.01. The summed E-state index contributed by atoms with van der Waals surface area (Å²) >= 11 is 0. The summed E-state index contributed by atoms with van der Waals surface area (Å²) < 4.78 is 0. The van der Waals surface area contributed by atoms with Gasteiger partial charge < -0.3 is 4.98 Å². The Morgan fingerprint density at radius 1 is 1.00 bits per heavy atom. The molecule has 1 aromatic heterocycles. The van der Waals surface area contributed by atoms with E-state index in [1.54, 1.807) is 0 Å². The Bertz CT molecular complexity index is 64.0. The molecule has 0 aliphatic rings. The molecule has 0 aliphatic carbocycles. The van der Waals surface area contributed by atoms with Gasteiger partial charge in [-0.2, -0.15) is 0 Å². The van der Waals surface area contributed by atoms with Crippen LogP contribution in [0.5, 0.6) is 0 Å². The Morgan fingerprint density at radius 3 is 1.67 bits per heavy atom. The zero-order valence-electron chi connectivity index (χ0n) is 3.11. The molecule has 1 heterocycles. The van der Waals surface area contributed by atoms with Crippen molar-refractivity contribution in [3.63, 3.8) is 0 Å². The van der Waals surface area contributed by atoms with Crippen molar-refractivity contribution in [2.24, 2.45) is 0 Å². The molecule has 0 saturated carbocycles. The molecule has 36 valence electrons. The molecule has 0 fully saturated rings. The minimum absolute atomic E-state index is 0. The van der Waals surface area contributed by atoms with Gasteiger partial charge in [0.25, 0.3) is 0 Å². The van der Waals surface area contributed by atoms with Gasteiger partial charge in [-0.15, -0.1) is 0 Å². The molecule has 0 unspecified atom stereocenters. The summed E-state index contributed by atoms with van der Waals surface area (Å²) in [5.74, 6) is 0. The normalized spacial score (nSPS) is 6.67. The van der Waals surface area contributed by atoms with Gasteiger partial charge in [0, 0.05) is 12.4 Å². The van der Waals surface area contributed by atoms with Crippen LogP contribution in [0.3, 0.4) is 0 Å². The molecule has 0 bridgehead atoms. The van der Waals surface area contributed by atoms with Crippen molar-refractivity contribution in [3.8, 4) is 0 Å². The van der Waals surface area contributed by atoms with Crippen LogP contribution in [0.1, 0.15) is 0 Å². The number of H-pyrrole nitrogens is 1. The van der Waals surface area contributed by atoms with Gasteiger partial charge in [0.15, 0.2) is 0 Å². The van der Waals surface area contributed by atoms with Crippen LogP contribution in [-0.4, -0.2) is 4.98 Å². The van der Waals surface area contributed by atoms with E-state index in [1.807, 2.05) is 24.5 Å². The SMILES string of the molecule is [Cu+].c1cc[nH]c1. The number of aromatic nitrogens is 1. The summed E-state index contributed by atoms with van der Waals surface area (Å²) in [7, 11) is 0. The van der Waals surface area contributed by atoms with Crippen LogP contribution >= 0.6 is 0 Å². The van der Waals surface area contributed by atoms with E-state index in [0.717, 1.165) is 0 Å². The van der Waals surface area contributed by atoms with E-state index in [9.17, 15) is 0 Å². The second kappa shape index (κ2) is 3.01. The predicted molar refractivity (Wildman–Crippen MR) is 20.8 cm³/mol. The van der Waals surface area contributed by atoms with Crippen LogP contribution in [0.2, 0.25) is 0 Å². The van der Waals surface area contributed by atoms with E-state index in [1.165, 1.54) is 0 Å². The van der Waals surface area contributed by atoms with E-state index in [-0.39, 0.29) is 17.1 Å². The van der Waals surface area contributed by atoms with E-state index < -0.39 is 0 Å². The van der Waals surface area contributed by atoms with Crippen LogP contribution in [-0.2, 0) is 17.1 Å². The fourth-order valence-electron chi connectivity index (χ4n) is 0.278. The van der Waals surface area contributed by atoms with Crippen molar-refractivity contribution in [2.45, 2.75) is 0 Å². The van der Waals surface area contributed by atoms with Crippen LogP contribution in [0.4, 0.5) is 0 Å². The van der Waals surface area contributed by atoms with Crippen LogP contribution in [0, 0.1) is 0 Å². The van der Waals surface area contributed by atoms with Crippen LogP contribution in [0.15, 0.2) is 24.5 Å². The largest absolute Gasteiger partial charge is 1.00 e. The zero-order valence-corrected chi connectivity index (χ0v) is 4.05. The Kier molecular flexibility index (Phi) is 2.91. The van der Waals surface area contributed by atoms with Crippen molar-refractivity contribution in [1.29, 1.82) is 0 Å². The summed E-state index contributed by atoms with van der Waals surface area (Å²) in [5, 5.41) is 0. The minimum atomic E-state index is 0. The first kappa shape index (κ1) is 5.80. The Balaban J connectivity index is 0.000000250. The molecule has 0 aliphatic heterocycles. The molecule has 0 saturated heterocycles. The van der Waals surface area contributed by atoms with Gasteiger partial charge in [0.2, 0.25) is 0 Å². The Labute approximate surface area is 47.2 Å². The molecule has 1 nitrogen and oxygen atoms in total. The van der Waals surface area contributed by atoms with Crippen LogP contribution in [0.25, 0.3) is 0 Å². The van der Waals surface area contributed by atoms with Crippen molar-refractivity contribution in [2.75, 3.05) is 0 Å². The summed E-state index contributed by atoms with van der Waals surface area (Å²) in [6.07, 6.45) is 3.75. The van der Waals surface area contributed by atoms with E-state index in [4.69, 9.17) is 0 Å². The molecular weight excluding hydrogens is 126 g/mol. The quantitative estimate of drug-likeness (QED) is 0.505. The summed E-state index contributed by atoms with van der Waals surface area (Å²) in [6.45, 7) is 0. The smallest absolute Gasteiger partial charge is 0.368 e. The van der Waals surface area contributed by atoms with Crippen molar-refractivity contribution < 1.29 is 17.1 Å². The topological polar surface area (TPSA) is 15.8 Å².